The van der Waals surface area contributed by atoms with E-state index in [0.717, 1.165) is 27.0 Å². The molecule has 2 atom stereocenters. The van der Waals surface area contributed by atoms with Gasteiger partial charge in [0.2, 0.25) is 0 Å². The van der Waals surface area contributed by atoms with Gasteiger partial charge in [-0.15, -0.1) is 0 Å². The molecule has 0 radical (unpaired) electrons. The molecule has 4 rings (SSSR count). The summed E-state index contributed by atoms with van der Waals surface area (Å²) >= 11 is 6.16. The van der Waals surface area contributed by atoms with Crippen LogP contribution in [0.5, 0.6) is 0 Å². The van der Waals surface area contributed by atoms with Gasteiger partial charge in [-0.05, 0) is 25.1 Å². The second-order valence-corrected chi connectivity index (χ2v) is 7.90. The van der Waals surface area contributed by atoms with Gasteiger partial charge in [0.1, 0.15) is 17.1 Å². The molecule has 2 N–H and O–H groups in total. The highest BCUT2D eigenvalue weighted by Crippen LogP contribution is 2.46. The third-order valence-electron chi connectivity index (χ3n) is 5.18. The summed E-state index contributed by atoms with van der Waals surface area (Å²) in [4.78, 5) is 8.11. The standard InChI is InChI=1S/C20H15BClF4N5O3/c1-9(32)19(21,33)31-17(20(24,25)26)10(8-29-31)16-14(18-27-6-3-7-28-18)15(30-34-16)13-11(22)4-2-5-12(13)23/h2-9,32-33H,21H2,1H3. The zero-order chi connectivity index (χ0) is 24.8. The minimum absolute atomic E-state index is 0.0687. The first-order valence-electron chi connectivity index (χ1n) is 9.72. The van der Waals surface area contributed by atoms with Gasteiger partial charge in [0, 0.05) is 12.4 Å². The number of aromatic nitrogens is 5. The molecule has 14 heteroatoms. The minimum Gasteiger partial charge on any atom is -0.389 e. The average Bonchev–Trinajstić information content (AvgIpc) is 3.39. The summed E-state index contributed by atoms with van der Waals surface area (Å²) in [6, 6.07) is 5.31. The largest absolute Gasteiger partial charge is 0.433 e. The first-order valence-corrected chi connectivity index (χ1v) is 10.1. The van der Waals surface area contributed by atoms with E-state index in [1.54, 1.807) is 0 Å². The fourth-order valence-electron chi connectivity index (χ4n) is 3.31. The molecular weight excluding hydrogens is 481 g/mol. The molecule has 0 saturated carbocycles. The number of hydrogen-bond acceptors (Lipinski definition) is 7. The van der Waals surface area contributed by atoms with Gasteiger partial charge in [-0.25, -0.2) is 19.0 Å². The predicted molar refractivity (Wildman–Crippen MR) is 115 cm³/mol. The van der Waals surface area contributed by atoms with Crippen LogP contribution in [0.3, 0.4) is 0 Å². The maximum Gasteiger partial charge on any atom is 0.433 e. The van der Waals surface area contributed by atoms with E-state index in [9.17, 15) is 27.8 Å². The summed E-state index contributed by atoms with van der Waals surface area (Å²) in [5, 5.41) is 27.8. The predicted octanol–water partition coefficient (Wildman–Crippen LogP) is 3.09. The Hall–Kier alpha value is -3.29. The molecule has 176 valence electrons. The van der Waals surface area contributed by atoms with E-state index in [0.29, 0.717) is 0 Å². The number of alkyl halides is 3. The summed E-state index contributed by atoms with van der Waals surface area (Å²) < 4.78 is 62.8. The Kier molecular flexibility index (Phi) is 5.96. The van der Waals surface area contributed by atoms with E-state index >= 15 is 0 Å². The first kappa shape index (κ1) is 23.9. The van der Waals surface area contributed by atoms with Crippen LogP contribution in [0.15, 0.2) is 47.4 Å². The summed E-state index contributed by atoms with van der Waals surface area (Å²) in [5.74, 6) is -1.40. The van der Waals surface area contributed by atoms with Crippen molar-refractivity contribution in [1.82, 2.24) is 24.9 Å². The van der Waals surface area contributed by atoms with E-state index in [1.807, 2.05) is 0 Å². The lowest BCUT2D eigenvalue weighted by Gasteiger charge is -2.29. The van der Waals surface area contributed by atoms with Gasteiger partial charge in [0.25, 0.3) is 0 Å². The monoisotopic (exact) mass is 495 g/mol. The average molecular weight is 496 g/mol. The Balaban J connectivity index is 2.07. The van der Waals surface area contributed by atoms with Gasteiger partial charge < -0.3 is 14.7 Å². The molecule has 0 spiro atoms. The fourth-order valence-corrected chi connectivity index (χ4v) is 3.56. The van der Waals surface area contributed by atoms with E-state index < -0.39 is 40.7 Å². The Morgan fingerprint density at radius 2 is 1.82 bits per heavy atom. The molecular formula is C20H15BClF4N5O3. The number of nitrogens with zero attached hydrogens (tertiary/aromatic N) is 5. The normalized spacial score (nSPS) is 14.7. The fraction of sp³-hybridized carbons (Fsp3) is 0.200. The third kappa shape index (κ3) is 3.95. The molecule has 34 heavy (non-hydrogen) atoms. The van der Waals surface area contributed by atoms with Gasteiger partial charge in [-0.3, -0.25) is 0 Å². The van der Waals surface area contributed by atoms with Gasteiger partial charge in [0.15, 0.2) is 25.1 Å². The Morgan fingerprint density at radius 1 is 1.15 bits per heavy atom. The number of aliphatic hydroxyl groups is 2. The van der Waals surface area contributed by atoms with Crippen molar-refractivity contribution in [2.24, 2.45) is 0 Å². The van der Waals surface area contributed by atoms with Crippen LogP contribution in [0.25, 0.3) is 34.0 Å². The molecule has 0 aliphatic carbocycles. The SMILES string of the molecule is BC(O)(C(C)O)n1ncc(-c2onc(-c3c(F)cccc3Cl)c2-c2ncccn2)c1C(F)(F)F. The topological polar surface area (TPSA) is 110 Å². The van der Waals surface area contributed by atoms with E-state index in [1.165, 1.54) is 30.6 Å². The van der Waals surface area contributed by atoms with Crippen LogP contribution >= 0.6 is 11.6 Å². The smallest absolute Gasteiger partial charge is 0.389 e. The molecule has 8 nitrogen and oxygen atoms in total. The maximum absolute atomic E-state index is 14.7. The van der Waals surface area contributed by atoms with Gasteiger partial charge in [0.05, 0.1) is 34.0 Å². The van der Waals surface area contributed by atoms with Crippen LogP contribution in [-0.4, -0.2) is 49.1 Å². The number of hydrogen-bond donors (Lipinski definition) is 2. The third-order valence-corrected chi connectivity index (χ3v) is 5.50. The quantitative estimate of drug-likeness (QED) is 0.323. The van der Waals surface area contributed by atoms with Crippen LogP contribution in [0.2, 0.25) is 5.02 Å². The summed E-state index contributed by atoms with van der Waals surface area (Å²) in [6.07, 6.45) is -3.22. The van der Waals surface area contributed by atoms with Crippen molar-refractivity contribution in [3.05, 3.63) is 59.4 Å². The van der Waals surface area contributed by atoms with E-state index in [-0.39, 0.29) is 32.3 Å². The van der Waals surface area contributed by atoms with E-state index in [2.05, 4.69) is 20.2 Å². The van der Waals surface area contributed by atoms with Crippen LogP contribution in [0.4, 0.5) is 17.6 Å². The van der Waals surface area contributed by atoms with Crippen molar-refractivity contribution in [3.63, 3.8) is 0 Å². The molecule has 0 fully saturated rings. The molecule has 0 bridgehead atoms. The molecule has 2 unspecified atom stereocenters. The first-order chi connectivity index (χ1) is 15.9. The van der Waals surface area contributed by atoms with Crippen LogP contribution < -0.4 is 0 Å². The van der Waals surface area contributed by atoms with Gasteiger partial charge in [-0.1, -0.05) is 22.8 Å². The maximum atomic E-state index is 14.7. The summed E-state index contributed by atoms with van der Waals surface area (Å²) in [6.45, 7) is 1.11. The van der Waals surface area contributed by atoms with Crippen molar-refractivity contribution < 1.29 is 32.3 Å². The molecule has 0 aliphatic rings. The minimum atomic E-state index is -5.05. The number of aliphatic hydroxyl groups excluding tert-OH is 1. The Morgan fingerprint density at radius 3 is 2.41 bits per heavy atom. The highest BCUT2D eigenvalue weighted by Gasteiger charge is 2.46. The molecule has 0 aliphatic heterocycles. The van der Waals surface area contributed by atoms with E-state index in [4.69, 9.17) is 16.1 Å². The Bertz CT molecular complexity index is 1320. The van der Waals surface area contributed by atoms with Gasteiger partial charge >= 0.3 is 6.18 Å². The van der Waals surface area contributed by atoms with Gasteiger partial charge in [-0.2, -0.15) is 18.3 Å². The zero-order valence-corrected chi connectivity index (χ0v) is 18.3. The number of benzene rings is 1. The van der Waals surface area contributed by atoms with Crippen molar-refractivity contribution in [2.45, 2.75) is 24.8 Å². The summed E-state index contributed by atoms with van der Waals surface area (Å²) in [7, 11) is 0.968. The second kappa shape index (κ2) is 8.49. The lowest BCUT2D eigenvalue weighted by Crippen LogP contribution is -2.46. The molecule has 4 aromatic rings. The lowest BCUT2D eigenvalue weighted by molar-refractivity contribution is -0.155. The molecule has 0 amide bonds. The van der Waals surface area contributed by atoms with Crippen molar-refractivity contribution >= 4 is 19.4 Å². The molecule has 3 aromatic heterocycles. The zero-order valence-electron chi connectivity index (χ0n) is 17.5. The number of halogens is 5. The number of rotatable bonds is 5. The van der Waals surface area contributed by atoms with Crippen LogP contribution in [-0.2, 0) is 11.8 Å². The van der Waals surface area contributed by atoms with Crippen molar-refractivity contribution in [1.29, 1.82) is 0 Å². The molecule has 0 saturated heterocycles. The second-order valence-electron chi connectivity index (χ2n) is 7.49. The molecule has 1 aromatic carbocycles. The summed E-state index contributed by atoms with van der Waals surface area (Å²) in [5.41, 5.74) is -5.12. The highest BCUT2D eigenvalue weighted by molar-refractivity contribution is 6.33. The van der Waals surface area contributed by atoms with Crippen molar-refractivity contribution in [3.8, 4) is 34.0 Å². The lowest BCUT2D eigenvalue weighted by atomic mass is 9.86. The van der Waals surface area contributed by atoms with Crippen LogP contribution in [0, 0.1) is 5.82 Å². The Labute approximate surface area is 195 Å². The molecule has 3 heterocycles. The highest BCUT2D eigenvalue weighted by atomic mass is 35.5. The van der Waals surface area contributed by atoms with Crippen molar-refractivity contribution in [2.75, 3.05) is 0 Å². The van der Waals surface area contributed by atoms with Crippen LogP contribution in [0.1, 0.15) is 12.6 Å².